The Morgan fingerprint density at radius 1 is 0.971 bits per heavy atom. The molecule has 0 aromatic heterocycles. The van der Waals surface area contributed by atoms with Crippen molar-refractivity contribution in [2.24, 2.45) is 0 Å². The Labute approximate surface area is 207 Å². The number of hydrogen-bond acceptors (Lipinski definition) is 6. The molecule has 1 aliphatic carbocycles. The van der Waals surface area contributed by atoms with E-state index >= 15 is 0 Å². The average Bonchev–Trinajstić information content (AvgIpc) is 3.33. The van der Waals surface area contributed by atoms with Gasteiger partial charge in [-0.1, -0.05) is 31.4 Å². The largest absolute Gasteiger partial charge is 0.454 e. The molecule has 9 heteroatoms. The summed E-state index contributed by atoms with van der Waals surface area (Å²) in [5, 5.41) is 3.11. The summed E-state index contributed by atoms with van der Waals surface area (Å²) < 4.78 is 39.2. The molecule has 0 atom stereocenters. The van der Waals surface area contributed by atoms with Crippen molar-refractivity contribution in [3.05, 3.63) is 53.1 Å². The number of aryl methyl sites for hydroxylation is 1. The van der Waals surface area contributed by atoms with E-state index in [1.165, 1.54) is 10.7 Å². The van der Waals surface area contributed by atoms with Gasteiger partial charge in [0.1, 0.15) is 0 Å². The van der Waals surface area contributed by atoms with Gasteiger partial charge in [0.25, 0.3) is 5.91 Å². The van der Waals surface area contributed by atoms with Crippen molar-refractivity contribution in [1.82, 2.24) is 14.5 Å². The average molecular weight is 500 g/mol. The maximum absolute atomic E-state index is 13.4. The Kier molecular flexibility index (Phi) is 7.00. The Bertz CT molecular complexity index is 1190. The molecule has 1 saturated heterocycles. The molecule has 0 spiro atoms. The van der Waals surface area contributed by atoms with Crippen molar-refractivity contribution in [1.29, 1.82) is 0 Å². The van der Waals surface area contributed by atoms with E-state index in [2.05, 4.69) is 10.2 Å². The molecule has 2 aromatic carbocycles. The highest BCUT2D eigenvalue weighted by Gasteiger charge is 2.30. The van der Waals surface area contributed by atoms with Crippen LogP contribution in [0.1, 0.15) is 53.6 Å². The third kappa shape index (κ3) is 5.32. The van der Waals surface area contributed by atoms with Crippen LogP contribution in [0, 0.1) is 6.92 Å². The molecule has 35 heavy (non-hydrogen) atoms. The van der Waals surface area contributed by atoms with E-state index < -0.39 is 10.0 Å². The number of carbonyl (C=O) groups excluding carboxylic acids is 1. The molecule has 3 aliphatic rings. The summed E-state index contributed by atoms with van der Waals surface area (Å²) in [5.41, 5.74) is 2.33. The molecular weight excluding hydrogens is 466 g/mol. The number of sulfonamides is 1. The zero-order chi connectivity index (χ0) is 24.4. The van der Waals surface area contributed by atoms with Crippen LogP contribution in [0.5, 0.6) is 11.5 Å². The molecule has 1 saturated carbocycles. The summed E-state index contributed by atoms with van der Waals surface area (Å²) in [7, 11) is -3.68. The first-order valence-corrected chi connectivity index (χ1v) is 13.9. The van der Waals surface area contributed by atoms with Crippen LogP contribution < -0.4 is 14.8 Å². The van der Waals surface area contributed by atoms with E-state index in [0.717, 1.165) is 54.9 Å². The van der Waals surface area contributed by atoms with Crippen LogP contribution in [0.25, 0.3) is 0 Å². The van der Waals surface area contributed by atoms with Gasteiger partial charge in [0.15, 0.2) is 11.5 Å². The van der Waals surface area contributed by atoms with E-state index in [9.17, 15) is 13.2 Å². The van der Waals surface area contributed by atoms with Crippen molar-refractivity contribution in [2.75, 3.05) is 33.0 Å². The lowest BCUT2D eigenvalue weighted by molar-refractivity contribution is 0.0927. The van der Waals surface area contributed by atoms with E-state index in [0.29, 0.717) is 31.7 Å². The zero-order valence-corrected chi connectivity index (χ0v) is 21.0. The minimum Gasteiger partial charge on any atom is -0.454 e. The van der Waals surface area contributed by atoms with Crippen molar-refractivity contribution < 1.29 is 22.7 Å². The number of fused-ring (bicyclic) bond motifs is 1. The fourth-order valence-corrected chi connectivity index (χ4v) is 6.54. The van der Waals surface area contributed by atoms with Crippen LogP contribution in [-0.4, -0.2) is 62.5 Å². The maximum Gasteiger partial charge on any atom is 0.251 e. The smallest absolute Gasteiger partial charge is 0.251 e. The lowest BCUT2D eigenvalue weighted by Gasteiger charge is -2.34. The highest BCUT2D eigenvalue weighted by Crippen LogP contribution is 2.33. The first-order valence-electron chi connectivity index (χ1n) is 12.4. The summed E-state index contributed by atoms with van der Waals surface area (Å²) in [6.07, 6.45) is 5.43. The van der Waals surface area contributed by atoms with Gasteiger partial charge < -0.3 is 14.8 Å². The number of nitrogens with zero attached hydrogens (tertiary/aromatic N) is 2. The number of ether oxygens (including phenoxy) is 2. The molecule has 8 nitrogen and oxygen atoms in total. The zero-order valence-electron chi connectivity index (χ0n) is 20.2. The molecule has 1 amide bonds. The van der Waals surface area contributed by atoms with Crippen LogP contribution in [0.2, 0.25) is 0 Å². The maximum atomic E-state index is 13.4. The van der Waals surface area contributed by atoms with Gasteiger partial charge in [-0.25, -0.2) is 8.42 Å². The topological polar surface area (TPSA) is 88.2 Å². The molecule has 2 heterocycles. The van der Waals surface area contributed by atoms with E-state index in [1.54, 1.807) is 18.2 Å². The molecule has 0 radical (unpaired) electrons. The number of rotatable bonds is 6. The minimum atomic E-state index is -3.68. The summed E-state index contributed by atoms with van der Waals surface area (Å²) in [4.78, 5) is 15.4. The van der Waals surface area contributed by atoms with E-state index in [-0.39, 0.29) is 23.6 Å². The molecule has 0 unspecified atom stereocenters. The Morgan fingerprint density at radius 2 is 1.71 bits per heavy atom. The van der Waals surface area contributed by atoms with Gasteiger partial charge in [0.05, 0.1) is 4.90 Å². The summed E-state index contributed by atoms with van der Waals surface area (Å²) in [5.74, 6) is 1.33. The fourth-order valence-electron chi connectivity index (χ4n) is 5.09. The summed E-state index contributed by atoms with van der Waals surface area (Å²) >= 11 is 0. The molecule has 2 aromatic rings. The van der Waals surface area contributed by atoms with Gasteiger partial charge in [-0.2, -0.15) is 4.31 Å². The fraction of sp³-hybridized carbons (Fsp3) is 0.500. The molecule has 0 bridgehead atoms. The van der Waals surface area contributed by atoms with Gasteiger partial charge in [-0.3, -0.25) is 9.69 Å². The molecule has 5 rings (SSSR count). The second-order valence-corrected chi connectivity index (χ2v) is 11.6. The second-order valence-electron chi connectivity index (χ2n) is 9.65. The van der Waals surface area contributed by atoms with E-state index in [4.69, 9.17) is 9.47 Å². The predicted octanol–water partition coefficient (Wildman–Crippen LogP) is 3.29. The summed E-state index contributed by atoms with van der Waals surface area (Å²) in [6.45, 7) is 4.90. The molecule has 2 fully saturated rings. The van der Waals surface area contributed by atoms with Crippen molar-refractivity contribution in [3.63, 3.8) is 0 Å². The van der Waals surface area contributed by atoms with Crippen LogP contribution in [0.15, 0.2) is 41.3 Å². The van der Waals surface area contributed by atoms with Gasteiger partial charge >= 0.3 is 0 Å². The normalized spacial score (nSPS) is 19.6. The molecule has 1 N–H and O–H groups in total. The first-order chi connectivity index (χ1) is 16.9. The quantitative estimate of drug-likeness (QED) is 0.656. The van der Waals surface area contributed by atoms with Crippen LogP contribution in [-0.2, 0) is 16.6 Å². The third-order valence-corrected chi connectivity index (χ3v) is 9.10. The van der Waals surface area contributed by atoms with Crippen LogP contribution >= 0.6 is 0 Å². The highest BCUT2D eigenvalue weighted by molar-refractivity contribution is 7.89. The number of amides is 1. The Morgan fingerprint density at radius 3 is 2.49 bits per heavy atom. The molecule has 188 valence electrons. The summed E-state index contributed by atoms with van der Waals surface area (Å²) in [6, 6.07) is 11.0. The highest BCUT2D eigenvalue weighted by atomic mass is 32.2. The van der Waals surface area contributed by atoms with Crippen molar-refractivity contribution in [2.45, 2.75) is 56.5 Å². The number of benzene rings is 2. The van der Waals surface area contributed by atoms with Crippen LogP contribution in [0.4, 0.5) is 0 Å². The van der Waals surface area contributed by atoms with Crippen molar-refractivity contribution in [3.8, 4) is 11.5 Å². The van der Waals surface area contributed by atoms with Crippen LogP contribution in [0.3, 0.4) is 0 Å². The standard InChI is InChI=1S/C26H33N3O5S/c1-19-7-9-22(16-23(19)26(30)27-21-5-3-2-4-6-21)35(31,32)29-13-11-28(12-14-29)17-20-8-10-24-25(15-20)34-18-33-24/h7-10,15-16,21H,2-6,11-14,17-18H2,1H3,(H,27,30). The Hall–Kier alpha value is -2.62. The SMILES string of the molecule is Cc1ccc(S(=O)(=O)N2CCN(Cc3ccc4c(c3)OCO4)CC2)cc1C(=O)NC1CCCCC1. The first kappa shape index (κ1) is 24.1. The van der Waals surface area contributed by atoms with Crippen molar-refractivity contribution >= 4 is 15.9 Å². The minimum absolute atomic E-state index is 0.175. The predicted molar refractivity (Wildman–Crippen MR) is 132 cm³/mol. The molecule has 2 aliphatic heterocycles. The second kappa shape index (κ2) is 10.2. The lowest BCUT2D eigenvalue weighted by atomic mass is 9.95. The number of hydrogen-bond donors (Lipinski definition) is 1. The van der Waals surface area contributed by atoms with E-state index in [1.807, 2.05) is 25.1 Å². The van der Waals surface area contributed by atoms with Gasteiger partial charge in [-0.15, -0.1) is 0 Å². The number of carbonyl (C=O) groups is 1. The number of piperazine rings is 1. The van der Waals surface area contributed by atoms with Gasteiger partial charge in [0, 0.05) is 44.3 Å². The lowest BCUT2D eigenvalue weighted by Crippen LogP contribution is -2.48. The van der Waals surface area contributed by atoms with Gasteiger partial charge in [-0.05, 0) is 55.2 Å². The third-order valence-electron chi connectivity index (χ3n) is 7.21. The number of nitrogens with one attached hydrogen (secondary N) is 1. The monoisotopic (exact) mass is 499 g/mol. The Balaban J connectivity index is 1.22. The van der Waals surface area contributed by atoms with Gasteiger partial charge in [0.2, 0.25) is 16.8 Å². The molecular formula is C26H33N3O5S.